The van der Waals surface area contributed by atoms with Crippen LogP contribution in [0.5, 0.6) is 0 Å². The molecule has 7 nitrogen and oxygen atoms in total. The SMILES string of the molecule is CO[Si](OC)(OC)C(C)CCN(CCC(C)[Si](OC)(OC)OC)[Si](C)(C)C(C)(C)C. The van der Waals surface area contributed by atoms with Crippen molar-refractivity contribution < 1.29 is 26.6 Å². The Morgan fingerprint density at radius 1 is 0.633 bits per heavy atom. The van der Waals surface area contributed by atoms with E-state index in [2.05, 4.69) is 52.3 Å². The van der Waals surface area contributed by atoms with E-state index in [9.17, 15) is 0 Å². The Morgan fingerprint density at radius 2 is 0.900 bits per heavy atom. The number of rotatable bonds is 15. The van der Waals surface area contributed by atoms with Crippen LogP contribution in [0.25, 0.3) is 0 Å². The lowest BCUT2D eigenvalue weighted by Crippen LogP contribution is -2.57. The van der Waals surface area contributed by atoms with Crippen LogP contribution in [0.2, 0.25) is 29.2 Å². The van der Waals surface area contributed by atoms with Gasteiger partial charge in [0.1, 0.15) is 8.24 Å². The highest BCUT2D eigenvalue weighted by molar-refractivity contribution is 6.77. The Kier molecular flexibility index (Phi) is 12.7. The molecule has 0 aliphatic heterocycles. The van der Waals surface area contributed by atoms with Crippen LogP contribution in [0.3, 0.4) is 0 Å². The summed E-state index contributed by atoms with van der Waals surface area (Å²) in [6.07, 6.45) is 1.92. The average molecular weight is 484 g/mol. The Balaban J connectivity index is 5.52. The van der Waals surface area contributed by atoms with Crippen molar-refractivity contribution in [2.45, 2.75) is 76.7 Å². The van der Waals surface area contributed by atoms with Crippen LogP contribution >= 0.6 is 0 Å². The van der Waals surface area contributed by atoms with E-state index < -0.39 is 25.8 Å². The third-order valence-corrected chi connectivity index (χ3v) is 19.3. The van der Waals surface area contributed by atoms with Crippen molar-refractivity contribution in [3.05, 3.63) is 0 Å². The summed E-state index contributed by atoms with van der Waals surface area (Å²) < 4.78 is 37.0. The lowest BCUT2D eigenvalue weighted by Gasteiger charge is -2.47. The minimum atomic E-state index is -2.65. The lowest BCUT2D eigenvalue weighted by molar-refractivity contribution is 0.109. The molecule has 0 aromatic rings. The zero-order valence-corrected chi connectivity index (χ0v) is 24.9. The molecule has 0 rings (SSSR count). The predicted molar refractivity (Wildman–Crippen MR) is 130 cm³/mol. The fourth-order valence-electron chi connectivity index (χ4n) is 3.90. The van der Waals surface area contributed by atoms with Crippen molar-refractivity contribution in [2.24, 2.45) is 0 Å². The first-order valence-corrected chi connectivity index (χ1v) is 17.4. The van der Waals surface area contributed by atoms with Gasteiger partial charge in [-0.05, 0) is 31.0 Å². The molecule has 0 amide bonds. The van der Waals surface area contributed by atoms with E-state index in [1.54, 1.807) is 42.7 Å². The molecule has 0 fully saturated rings. The van der Waals surface area contributed by atoms with Gasteiger partial charge in [0.2, 0.25) is 0 Å². The molecule has 0 spiro atoms. The molecule has 0 aromatic carbocycles. The molecule has 0 bridgehead atoms. The van der Waals surface area contributed by atoms with Crippen LogP contribution in [0.1, 0.15) is 47.5 Å². The number of nitrogens with zero attached hydrogens (tertiary/aromatic N) is 1. The van der Waals surface area contributed by atoms with Crippen molar-refractivity contribution in [2.75, 3.05) is 55.7 Å². The van der Waals surface area contributed by atoms with E-state index in [0.717, 1.165) is 25.9 Å². The van der Waals surface area contributed by atoms with Crippen LogP contribution in [-0.2, 0) is 26.6 Å². The highest BCUT2D eigenvalue weighted by atomic mass is 28.4. The van der Waals surface area contributed by atoms with Gasteiger partial charge < -0.3 is 31.1 Å². The van der Waals surface area contributed by atoms with Gasteiger partial charge >= 0.3 is 17.6 Å². The third kappa shape index (κ3) is 6.93. The van der Waals surface area contributed by atoms with Gasteiger partial charge in [0, 0.05) is 53.7 Å². The zero-order valence-electron chi connectivity index (χ0n) is 21.9. The van der Waals surface area contributed by atoms with Crippen LogP contribution in [-0.4, -0.2) is 86.2 Å². The summed E-state index contributed by atoms with van der Waals surface area (Å²) in [5.74, 6) is 0. The molecule has 10 heteroatoms. The fraction of sp³-hybridized carbons (Fsp3) is 1.00. The summed E-state index contributed by atoms with van der Waals surface area (Å²) in [6.45, 7) is 18.3. The molecule has 0 heterocycles. The summed E-state index contributed by atoms with van der Waals surface area (Å²) in [6, 6.07) is 0. The highest BCUT2D eigenvalue weighted by Gasteiger charge is 2.48. The molecular weight excluding hydrogens is 434 g/mol. The van der Waals surface area contributed by atoms with Crippen molar-refractivity contribution in [3.8, 4) is 0 Å². The first-order valence-electron chi connectivity index (χ1n) is 10.8. The Bertz CT molecular complexity index is 435. The largest absolute Gasteiger partial charge is 0.503 e. The zero-order chi connectivity index (χ0) is 23.8. The first kappa shape index (κ1) is 30.4. The molecule has 0 saturated carbocycles. The molecular formula is C20H49NO6Si3. The van der Waals surface area contributed by atoms with E-state index in [1.165, 1.54) is 0 Å². The maximum absolute atomic E-state index is 5.71. The molecule has 0 aliphatic rings. The van der Waals surface area contributed by atoms with Gasteiger partial charge in [-0.3, -0.25) is 0 Å². The van der Waals surface area contributed by atoms with Crippen molar-refractivity contribution in [1.29, 1.82) is 0 Å². The van der Waals surface area contributed by atoms with Crippen LogP contribution in [0.4, 0.5) is 0 Å². The Morgan fingerprint density at radius 3 is 1.10 bits per heavy atom. The Hall–Kier alpha value is 0.371. The fourth-order valence-corrected chi connectivity index (χ4v) is 10.6. The second kappa shape index (κ2) is 12.6. The molecule has 2 unspecified atom stereocenters. The second-order valence-corrected chi connectivity index (χ2v) is 21.7. The Labute approximate surface area is 189 Å². The normalized spacial score (nSPS) is 16.2. The quantitative estimate of drug-likeness (QED) is 0.315. The van der Waals surface area contributed by atoms with E-state index >= 15 is 0 Å². The summed E-state index contributed by atoms with van der Waals surface area (Å²) in [7, 11) is 3.10. The van der Waals surface area contributed by atoms with Gasteiger partial charge in [0.15, 0.2) is 0 Å². The standard InChI is InChI=1S/C20H49NO6Si3/c1-18(29(22-6,23-7)24-8)14-16-21(28(12,13)20(3,4)5)17-15-19(2)30(25-9,26-10)27-11/h18-19H,14-17H2,1-13H3. The topological polar surface area (TPSA) is 58.6 Å². The van der Waals surface area contributed by atoms with E-state index in [1.807, 2.05) is 0 Å². The smallest absolute Gasteiger partial charge is 0.377 e. The van der Waals surface area contributed by atoms with Gasteiger partial charge in [-0.25, -0.2) is 0 Å². The summed E-state index contributed by atoms with van der Waals surface area (Å²) in [5.41, 5.74) is 0.431. The van der Waals surface area contributed by atoms with Gasteiger partial charge in [-0.2, -0.15) is 0 Å². The van der Waals surface area contributed by atoms with Gasteiger partial charge in [-0.1, -0.05) is 47.7 Å². The molecule has 0 aliphatic carbocycles. The summed E-state index contributed by atoms with van der Waals surface area (Å²) in [4.78, 5) is 0. The molecule has 0 saturated heterocycles. The van der Waals surface area contributed by atoms with Crippen molar-refractivity contribution in [3.63, 3.8) is 0 Å². The minimum absolute atomic E-state index is 0.215. The minimum Gasteiger partial charge on any atom is -0.377 e. The average Bonchev–Trinajstić information content (AvgIpc) is 2.70. The summed E-state index contributed by atoms with van der Waals surface area (Å²) in [5, 5.41) is 0.246. The van der Waals surface area contributed by atoms with Gasteiger partial charge in [0.05, 0.1) is 0 Å². The highest BCUT2D eigenvalue weighted by Crippen LogP contribution is 2.40. The summed E-state index contributed by atoms with van der Waals surface area (Å²) >= 11 is 0. The van der Waals surface area contributed by atoms with Crippen LogP contribution in [0.15, 0.2) is 0 Å². The molecule has 0 radical (unpaired) electrons. The van der Waals surface area contributed by atoms with Gasteiger partial charge in [0.25, 0.3) is 0 Å². The lowest BCUT2D eigenvalue weighted by atomic mass is 10.2. The maximum Gasteiger partial charge on any atom is 0.503 e. The monoisotopic (exact) mass is 483 g/mol. The third-order valence-electron chi connectivity index (χ3n) is 7.20. The number of hydrogen-bond acceptors (Lipinski definition) is 7. The molecule has 0 N–H and O–H groups in total. The molecule has 30 heavy (non-hydrogen) atoms. The van der Waals surface area contributed by atoms with Crippen molar-refractivity contribution in [1.82, 2.24) is 4.57 Å². The predicted octanol–water partition coefficient (Wildman–Crippen LogP) is 4.61. The first-order chi connectivity index (χ1) is 13.8. The maximum atomic E-state index is 5.71. The van der Waals surface area contributed by atoms with E-state index in [0.29, 0.717) is 0 Å². The van der Waals surface area contributed by atoms with Crippen LogP contribution in [0, 0.1) is 0 Å². The molecule has 182 valence electrons. The molecule has 0 aromatic heterocycles. The number of hydrogen-bond donors (Lipinski definition) is 0. The van der Waals surface area contributed by atoms with E-state index in [-0.39, 0.29) is 16.1 Å². The second-order valence-electron chi connectivity index (χ2n) is 9.61. The molecule has 2 atom stereocenters. The van der Waals surface area contributed by atoms with Crippen molar-refractivity contribution >= 4 is 25.8 Å². The van der Waals surface area contributed by atoms with Crippen LogP contribution < -0.4 is 0 Å². The van der Waals surface area contributed by atoms with E-state index in [4.69, 9.17) is 26.6 Å². The van der Waals surface area contributed by atoms with Gasteiger partial charge in [-0.15, -0.1) is 0 Å².